The van der Waals surface area contributed by atoms with Gasteiger partial charge in [0.15, 0.2) is 0 Å². The van der Waals surface area contributed by atoms with Crippen LogP contribution in [0.2, 0.25) is 0 Å². The maximum Gasteiger partial charge on any atom is -0.0326 e. The predicted molar refractivity (Wildman–Crippen MR) is 75.8 cm³/mol. The second-order valence-corrected chi connectivity index (χ2v) is 6.05. The molecule has 0 rings (SSSR count). The third-order valence-electron chi connectivity index (χ3n) is 4.18. The van der Waals surface area contributed by atoms with E-state index in [0.717, 1.165) is 5.92 Å². The molecule has 0 nitrogen and oxygen atoms in total. The van der Waals surface area contributed by atoms with Crippen molar-refractivity contribution in [3.63, 3.8) is 0 Å². The smallest absolute Gasteiger partial charge is 0.0326 e. The van der Waals surface area contributed by atoms with Crippen LogP contribution in [0.5, 0.6) is 0 Å². The minimum absolute atomic E-state index is 0.567. The lowest BCUT2D eigenvalue weighted by Gasteiger charge is -2.34. The first-order valence-corrected chi connectivity index (χ1v) is 7.58. The molecule has 0 N–H and O–H groups in total. The SMILES string of the molecule is CCCCCC(CC)C(C)(C)CCCCC. The van der Waals surface area contributed by atoms with Gasteiger partial charge in [-0.2, -0.15) is 0 Å². The van der Waals surface area contributed by atoms with E-state index in [9.17, 15) is 0 Å². The van der Waals surface area contributed by atoms with E-state index in [0.29, 0.717) is 5.41 Å². The van der Waals surface area contributed by atoms with Gasteiger partial charge < -0.3 is 0 Å². The van der Waals surface area contributed by atoms with Crippen molar-refractivity contribution in [3.8, 4) is 0 Å². The van der Waals surface area contributed by atoms with Crippen LogP contribution >= 0.6 is 0 Å². The standard InChI is InChI=1S/C16H34/c1-6-9-11-13-15(8-3)16(4,5)14-12-10-7-2/h15H,6-14H2,1-5H3. The lowest BCUT2D eigenvalue weighted by atomic mass is 9.71. The van der Waals surface area contributed by atoms with Crippen LogP contribution in [0.25, 0.3) is 0 Å². The van der Waals surface area contributed by atoms with Crippen molar-refractivity contribution in [1.29, 1.82) is 0 Å². The van der Waals surface area contributed by atoms with E-state index < -0.39 is 0 Å². The Hall–Kier alpha value is 0. The summed E-state index contributed by atoms with van der Waals surface area (Å²) in [5, 5.41) is 0. The van der Waals surface area contributed by atoms with E-state index in [-0.39, 0.29) is 0 Å². The minimum Gasteiger partial charge on any atom is -0.0654 e. The van der Waals surface area contributed by atoms with Crippen molar-refractivity contribution >= 4 is 0 Å². The monoisotopic (exact) mass is 226 g/mol. The zero-order chi connectivity index (χ0) is 12.4. The first-order chi connectivity index (χ1) is 7.58. The summed E-state index contributed by atoms with van der Waals surface area (Å²) in [5.74, 6) is 0.941. The summed E-state index contributed by atoms with van der Waals surface area (Å²) >= 11 is 0. The van der Waals surface area contributed by atoms with Gasteiger partial charge in [0, 0.05) is 0 Å². The summed E-state index contributed by atoms with van der Waals surface area (Å²) in [6.45, 7) is 11.9. The summed E-state index contributed by atoms with van der Waals surface area (Å²) in [4.78, 5) is 0. The molecule has 0 aliphatic rings. The molecule has 0 bridgehead atoms. The third kappa shape index (κ3) is 6.55. The Morgan fingerprint density at radius 3 is 1.88 bits per heavy atom. The van der Waals surface area contributed by atoms with Crippen LogP contribution in [-0.4, -0.2) is 0 Å². The average Bonchev–Trinajstić information content (AvgIpc) is 2.24. The van der Waals surface area contributed by atoms with Gasteiger partial charge in [-0.05, 0) is 24.2 Å². The van der Waals surface area contributed by atoms with Crippen LogP contribution in [0, 0.1) is 11.3 Å². The van der Waals surface area contributed by atoms with Gasteiger partial charge in [0.25, 0.3) is 0 Å². The van der Waals surface area contributed by atoms with E-state index >= 15 is 0 Å². The first kappa shape index (κ1) is 16.0. The van der Waals surface area contributed by atoms with Crippen LogP contribution in [0.1, 0.15) is 92.4 Å². The Balaban J connectivity index is 3.98. The molecule has 0 radical (unpaired) electrons. The molecule has 0 amide bonds. The Kier molecular flexibility index (Phi) is 9.07. The molecule has 0 spiro atoms. The quantitative estimate of drug-likeness (QED) is 0.389. The molecule has 1 unspecified atom stereocenters. The highest BCUT2D eigenvalue weighted by molar-refractivity contribution is 4.77. The Morgan fingerprint density at radius 2 is 1.38 bits per heavy atom. The third-order valence-corrected chi connectivity index (χ3v) is 4.18. The summed E-state index contributed by atoms with van der Waals surface area (Å²) in [5.41, 5.74) is 0.567. The first-order valence-electron chi connectivity index (χ1n) is 7.58. The molecule has 1 atom stereocenters. The van der Waals surface area contributed by atoms with Crippen molar-refractivity contribution < 1.29 is 0 Å². The topological polar surface area (TPSA) is 0 Å². The molecule has 0 saturated carbocycles. The van der Waals surface area contributed by atoms with Gasteiger partial charge in [-0.25, -0.2) is 0 Å². The van der Waals surface area contributed by atoms with E-state index in [1.165, 1.54) is 57.8 Å². The van der Waals surface area contributed by atoms with E-state index in [1.54, 1.807) is 0 Å². The molecule has 98 valence electrons. The molecule has 16 heavy (non-hydrogen) atoms. The van der Waals surface area contributed by atoms with E-state index in [4.69, 9.17) is 0 Å². The van der Waals surface area contributed by atoms with E-state index in [1.807, 2.05) is 0 Å². The fourth-order valence-corrected chi connectivity index (χ4v) is 2.82. The van der Waals surface area contributed by atoms with Gasteiger partial charge in [0.2, 0.25) is 0 Å². The zero-order valence-corrected chi connectivity index (χ0v) is 12.4. The highest BCUT2D eigenvalue weighted by Crippen LogP contribution is 2.38. The number of unbranched alkanes of at least 4 members (excludes halogenated alkanes) is 4. The second-order valence-electron chi connectivity index (χ2n) is 6.05. The molecule has 0 aromatic heterocycles. The van der Waals surface area contributed by atoms with Crippen molar-refractivity contribution in [2.45, 2.75) is 92.4 Å². The van der Waals surface area contributed by atoms with Crippen LogP contribution in [-0.2, 0) is 0 Å². The average molecular weight is 226 g/mol. The maximum absolute atomic E-state index is 2.49. The second kappa shape index (κ2) is 9.07. The molecule has 0 heteroatoms. The Labute approximate surface area is 104 Å². The highest BCUT2D eigenvalue weighted by atomic mass is 14.3. The highest BCUT2D eigenvalue weighted by Gasteiger charge is 2.26. The fourth-order valence-electron chi connectivity index (χ4n) is 2.82. The van der Waals surface area contributed by atoms with Gasteiger partial charge in [0.05, 0.1) is 0 Å². The summed E-state index contributed by atoms with van der Waals surface area (Å²) < 4.78 is 0. The largest absolute Gasteiger partial charge is 0.0654 e. The van der Waals surface area contributed by atoms with Crippen LogP contribution < -0.4 is 0 Å². The minimum atomic E-state index is 0.567. The van der Waals surface area contributed by atoms with E-state index in [2.05, 4.69) is 34.6 Å². The summed E-state index contributed by atoms with van der Waals surface area (Å²) in [6, 6.07) is 0. The fraction of sp³-hybridized carbons (Fsp3) is 1.00. The molecule has 0 aliphatic carbocycles. The molecular weight excluding hydrogens is 192 g/mol. The van der Waals surface area contributed by atoms with Crippen LogP contribution in [0.3, 0.4) is 0 Å². The molecule has 0 saturated heterocycles. The van der Waals surface area contributed by atoms with Gasteiger partial charge in [-0.1, -0.05) is 79.6 Å². The molecule has 0 aromatic rings. The molecule has 0 fully saturated rings. The number of hydrogen-bond acceptors (Lipinski definition) is 0. The van der Waals surface area contributed by atoms with Gasteiger partial charge in [-0.15, -0.1) is 0 Å². The van der Waals surface area contributed by atoms with Gasteiger partial charge >= 0.3 is 0 Å². The molecule has 0 heterocycles. The van der Waals surface area contributed by atoms with Crippen molar-refractivity contribution in [2.75, 3.05) is 0 Å². The summed E-state index contributed by atoms with van der Waals surface area (Å²) in [7, 11) is 0. The molecular formula is C16H34. The lowest BCUT2D eigenvalue weighted by Crippen LogP contribution is -2.23. The number of hydrogen-bond donors (Lipinski definition) is 0. The molecule has 0 aromatic carbocycles. The van der Waals surface area contributed by atoms with Crippen molar-refractivity contribution in [1.82, 2.24) is 0 Å². The maximum atomic E-state index is 2.49. The molecule has 0 aliphatic heterocycles. The van der Waals surface area contributed by atoms with Gasteiger partial charge in [0.1, 0.15) is 0 Å². The Morgan fingerprint density at radius 1 is 0.812 bits per heavy atom. The van der Waals surface area contributed by atoms with Crippen LogP contribution in [0.4, 0.5) is 0 Å². The van der Waals surface area contributed by atoms with Crippen molar-refractivity contribution in [3.05, 3.63) is 0 Å². The van der Waals surface area contributed by atoms with Gasteiger partial charge in [-0.3, -0.25) is 0 Å². The lowest BCUT2D eigenvalue weighted by molar-refractivity contribution is 0.168. The summed E-state index contributed by atoms with van der Waals surface area (Å²) in [6.07, 6.45) is 12.6. The Bertz CT molecular complexity index is 146. The van der Waals surface area contributed by atoms with Crippen molar-refractivity contribution in [2.24, 2.45) is 11.3 Å². The predicted octanol–water partition coefficient (Wildman–Crippen LogP) is 6.20. The van der Waals surface area contributed by atoms with Crippen LogP contribution in [0.15, 0.2) is 0 Å². The zero-order valence-electron chi connectivity index (χ0n) is 12.4. The normalized spacial score (nSPS) is 14.1. The number of rotatable bonds is 10.